The van der Waals surface area contributed by atoms with Crippen molar-refractivity contribution in [3.8, 4) is 0 Å². The first-order valence-corrected chi connectivity index (χ1v) is 8.40. The molecular formula is C18H21N5O. The van der Waals surface area contributed by atoms with E-state index in [0.29, 0.717) is 5.69 Å². The first-order valence-electron chi connectivity index (χ1n) is 8.40. The third-order valence-electron chi connectivity index (χ3n) is 4.93. The maximum Gasteiger partial charge on any atom is 0.272 e. The van der Waals surface area contributed by atoms with Crippen molar-refractivity contribution in [2.75, 3.05) is 6.54 Å². The summed E-state index contributed by atoms with van der Waals surface area (Å²) in [7, 11) is 0. The first kappa shape index (κ1) is 14.9. The van der Waals surface area contributed by atoms with Gasteiger partial charge >= 0.3 is 0 Å². The quantitative estimate of drug-likeness (QED) is 0.760. The van der Waals surface area contributed by atoms with Crippen molar-refractivity contribution in [2.45, 2.75) is 39.2 Å². The topological polar surface area (TPSA) is 77.7 Å². The van der Waals surface area contributed by atoms with Gasteiger partial charge in [0, 0.05) is 12.7 Å². The summed E-state index contributed by atoms with van der Waals surface area (Å²) >= 11 is 0. The van der Waals surface area contributed by atoms with Crippen LogP contribution in [-0.2, 0) is 0 Å². The maximum absolute atomic E-state index is 12.8. The molecule has 0 saturated carbocycles. The number of aromatic amines is 2. The fourth-order valence-electron chi connectivity index (χ4n) is 3.44. The van der Waals surface area contributed by atoms with E-state index in [2.05, 4.69) is 41.2 Å². The van der Waals surface area contributed by atoms with Gasteiger partial charge in [-0.3, -0.25) is 9.89 Å². The van der Waals surface area contributed by atoms with E-state index in [4.69, 9.17) is 4.98 Å². The molecule has 1 aliphatic heterocycles. The summed E-state index contributed by atoms with van der Waals surface area (Å²) < 4.78 is 0. The van der Waals surface area contributed by atoms with Crippen molar-refractivity contribution < 1.29 is 4.79 Å². The molecule has 6 nitrogen and oxygen atoms in total. The molecule has 1 fully saturated rings. The van der Waals surface area contributed by atoms with Crippen molar-refractivity contribution in [1.82, 2.24) is 25.1 Å². The molecule has 0 radical (unpaired) electrons. The standard InChI is InChI=1S/C18H21N5O/c1-11-9-14-15(10-12(11)2)21-17(20-14)16-5-3-4-8-23(16)18(24)13-6-7-19-22-13/h6-7,9-10,16H,3-5,8H2,1-2H3,(H,19,22)(H,20,21). The largest absolute Gasteiger partial charge is 0.340 e. The number of piperidine rings is 1. The highest BCUT2D eigenvalue weighted by Crippen LogP contribution is 2.32. The maximum atomic E-state index is 12.8. The average molecular weight is 323 g/mol. The third kappa shape index (κ3) is 2.48. The van der Waals surface area contributed by atoms with E-state index >= 15 is 0 Å². The Labute approximate surface area is 140 Å². The number of benzene rings is 1. The van der Waals surface area contributed by atoms with Crippen LogP contribution in [0.3, 0.4) is 0 Å². The number of aromatic nitrogens is 4. The molecule has 124 valence electrons. The Hall–Kier alpha value is -2.63. The van der Waals surface area contributed by atoms with Crippen LogP contribution in [0.25, 0.3) is 11.0 Å². The number of nitrogens with zero attached hydrogens (tertiary/aromatic N) is 3. The first-order chi connectivity index (χ1) is 11.6. The Morgan fingerprint density at radius 2 is 2.08 bits per heavy atom. The molecule has 4 rings (SSSR count). The Balaban J connectivity index is 1.71. The number of H-pyrrole nitrogens is 2. The van der Waals surface area contributed by atoms with E-state index in [1.165, 1.54) is 11.1 Å². The second kappa shape index (κ2) is 5.78. The van der Waals surface area contributed by atoms with Crippen molar-refractivity contribution in [3.05, 3.63) is 47.0 Å². The predicted molar refractivity (Wildman–Crippen MR) is 91.8 cm³/mol. The zero-order chi connectivity index (χ0) is 16.7. The number of likely N-dealkylation sites (tertiary alicyclic amines) is 1. The molecule has 1 aliphatic rings. The lowest BCUT2D eigenvalue weighted by Crippen LogP contribution is -2.39. The van der Waals surface area contributed by atoms with Crippen LogP contribution in [0.4, 0.5) is 0 Å². The highest BCUT2D eigenvalue weighted by molar-refractivity contribution is 5.92. The highest BCUT2D eigenvalue weighted by atomic mass is 16.2. The summed E-state index contributed by atoms with van der Waals surface area (Å²) in [5.41, 5.74) is 5.01. The third-order valence-corrected chi connectivity index (χ3v) is 4.93. The van der Waals surface area contributed by atoms with E-state index in [0.717, 1.165) is 42.7 Å². The Morgan fingerprint density at radius 1 is 1.25 bits per heavy atom. The number of aryl methyl sites for hydroxylation is 2. The lowest BCUT2D eigenvalue weighted by molar-refractivity contribution is 0.0595. The number of nitrogens with one attached hydrogen (secondary N) is 2. The lowest BCUT2D eigenvalue weighted by atomic mass is 10.0. The highest BCUT2D eigenvalue weighted by Gasteiger charge is 2.31. The van der Waals surface area contributed by atoms with Gasteiger partial charge in [-0.15, -0.1) is 0 Å². The van der Waals surface area contributed by atoms with Crippen LogP contribution in [0, 0.1) is 13.8 Å². The monoisotopic (exact) mass is 323 g/mol. The fraction of sp³-hybridized carbons (Fsp3) is 0.389. The molecule has 24 heavy (non-hydrogen) atoms. The molecular weight excluding hydrogens is 302 g/mol. The van der Waals surface area contributed by atoms with Crippen molar-refractivity contribution in [3.63, 3.8) is 0 Å². The van der Waals surface area contributed by atoms with Gasteiger partial charge in [-0.2, -0.15) is 5.10 Å². The number of imidazole rings is 1. The van der Waals surface area contributed by atoms with E-state index < -0.39 is 0 Å². The van der Waals surface area contributed by atoms with Crippen molar-refractivity contribution >= 4 is 16.9 Å². The summed E-state index contributed by atoms with van der Waals surface area (Å²) in [6, 6.07) is 5.95. The van der Waals surface area contributed by atoms with Gasteiger partial charge in [0.2, 0.25) is 0 Å². The molecule has 2 N–H and O–H groups in total. The minimum absolute atomic E-state index is 0.00924. The zero-order valence-electron chi connectivity index (χ0n) is 14.0. The smallest absolute Gasteiger partial charge is 0.272 e. The van der Waals surface area contributed by atoms with E-state index in [1.807, 2.05) is 4.90 Å². The van der Waals surface area contributed by atoms with E-state index in [1.54, 1.807) is 12.3 Å². The number of hydrogen-bond acceptors (Lipinski definition) is 3. The fourth-order valence-corrected chi connectivity index (χ4v) is 3.44. The Kier molecular flexibility index (Phi) is 3.59. The summed E-state index contributed by atoms with van der Waals surface area (Å²) in [4.78, 5) is 22.9. The molecule has 0 spiro atoms. The molecule has 1 atom stereocenters. The lowest BCUT2D eigenvalue weighted by Gasteiger charge is -2.34. The van der Waals surface area contributed by atoms with Gasteiger partial charge in [-0.25, -0.2) is 4.98 Å². The summed E-state index contributed by atoms with van der Waals surface area (Å²) in [6.45, 7) is 4.94. The van der Waals surface area contributed by atoms with Gasteiger partial charge in [-0.1, -0.05) is 0 Å². The number of fused-ring (bicyclic) bond motifs is 1. The molecule has 6 heteroatoms. The van der Waals surface area contributed by atoms with Crippen LogP contribution in [-0.4, -0.2) is 37.5 Å². The second-order valence-corrected chi connectivity index (χ2v) is 6.56. The molecule has 3 heterocycles. The van der Waals surface area contributed by atoms with E-state index in [-0.39, 0.29) is 11.9 Å². The average Bonchev–Trinajstić information content (AvgIpc) is 3.24. The minimum Gasteiger partial charge on any atom is -0.340 e. The van der Waals surface area contributed by atoms with Crippen LogP contribution in [0.15, 0.2) is 24.4 Å². The van der Waals surface area contributed by atoms with Crippen LogP contribution < -0.4 is 0 Å². The summed E-state index contributed by atoms with van der Waals surface area (Å²) in [5.74, 6) is 0.868. The molecule has 1 saturated heterocycles. The number of hydrogen-bond donors (Lipinski definition) is 2. The number of amides is 1. The van der Waals surface area contributed by atoms with Crippen LogP contribution >= 0.6 is 0 Å². The molecule has 3 aromatic rings. The molecule has 0 aliphatic carbocycles. The summed E-state index contributed by atoms with van der Waals surface area (Å²) in [6.07, 6.45) is 4.66. The van der Waals surface area contributed by atoms with Crippen molar-refractivity contribution in [1.29, 1.82) is 0 Å². The molecule has 1 unspecified atom stereocenters. The molecule has 2 aromatic heterocycles. The van der Waals surface area contributed by atoms with Crippen LogP contribution in [0.2, 0.25) is 0 Å². The van der Waals surface area contributed by atoms with Gasteiger partial charge in [0.15, 0.2) is 0 Å². The normalized spacial score (nSPS) is 18.2. The van der Waals surface area contributed by atoms with Crippen molar-refractivity contribution in [2.24, 2.45) is 0 Å². The van der Waals surface area contributed by atoms with Gasteiger partial charge in [0.1, 0.15) is 11.5 Å². The van der Waals surface area contributed by atoms with Gasteiger partial charge in [0.25, 0.3) is 5.91 Å². The molecule has 1 aromatic carbocycles. The predicted octanol–water partition coefficient (Wildman–Crippen LogP) is 3.27. The molecule has 1 amide bonds. The number of rotatable bonds is 2. The van der Waals surface area contributed by atoms with Gasteiger partial charge < -0.3 is 9.88 Å². The minimum atomic E-state index is -0.0115. The number of carbonyl (C=O) groups is 1. The number of carbonyl (C=O) groups excluding carboxylic acids is 1. The van der Waals surface area contributed by atoms with Crippen LogP contribution in [0.1, 0.15) is 52.7 Å². The van der Waals surface area contributed by atoms with Gasteiger partial charge in [0.05, 0.1) is 17.1 Å². The SMILES string of the molecule is Cc1cc2nc(C3CCCCN3C(=O)c3ccn[nH]3)[nH]c2cc1C. The second-order valence-electron chi connectivity index (χ2n) is 6.56. The summed E-state index contributed by atoms with van der Waals surface area (Å²) in [5, 5.41) is 6.67. The van der Waals surface area contributed by atoms with Gasteiger partial charge in [-0.05, 0) is 62.4 Å². The van der Waals surface area contributed by atoms with Crippen LogP contribution in [0.5, 0.6) is 0 Å². The Morgan fingerprint density at radius 3 is 2.88 bits per heavy atom. The Bertz CT molecular complexity index is 841. The molecule has 0 bridgehead atoms. The zero-order valence-corrected chi connectivity index (χ0v) is 14.0. The van der Waals surface area contributed by atoms with E-state index in [9.17, 15) is 4.79 Å².